The van der Waals surface area contributed by atoms with Crippen LogP contribution in [0.2, 0.25) is 0 Å². The maximum absolute atomic E-state index is 12.2. The maximum atomic E-state index is 12.2. The average molecular weight is 380 g/mol. The van der Waals surface area contributed by atoms with Gasteiger partial charge in [0.15, 0.2) is 0 Å². The summed E-state index contributed by atoms with van der Waals surface area (Å²) in [7, 11) is 0. The highest BCUT2D eigenvalue weighted by Gasteiger charge is 2.18. The fraction of sp³-hybridized carbons (Fsp3) is 0.188. The van der Waals surface area contributed by atoms with E-state index >= 15 is 0 Å². The van der Waals surface area contributed by atoms with Crippen LogP contribution in [0.3, 0.4) is 0 Å². The van der Waals surface area contributed by atoms with Crippen LogP contribution in [0, 0.1) is 0 Å². The van der Waals surface area contributed by atoms with Gasteiger partial charge in [-0.05, 0) is 35.9 Å². The Labute approximate surface area is 141 Å². The summed E-state index contributed by atoms with van der Waals surface area (Å²) < 4.78 is 1.47. The maximum Gasteiger partial charge on any atom is 0.255 e. The first-order valence-electron chi connectivity index (χ1n) is 6.62. The van der Waals surface area contributed by atoms with E-state index in [4.69, 9.17) is 0 Å². The zero-order valence-corrected chi connectivity index (χ0v) is 14.4. The largest absolute Gasteiger partial charge is 0.322 e. The van der Waals surface area contributed by atoms with Gasteiger partial charge in [0.05, 0.1) is 4.58 Å². The molecule has 0 spiro atoms. The zero-order chi connectivity index (χ0) is 14.7. The molecule has 0 bridgehead atoms. The van der Waals surface area contributed by atoms with Gasteiger partial charge in [-0.2, -0.15) is 0 Å². The summed E-state index contributed by atoms with van der Waals surface area (Å²) in [4.78, 5) is 12.2. The molecule has 2 aromatic rings. The Balaban J connectivity index is 1.70. The van der Waals surface area contributed by atoms with Crippen LogP contribution < -0.4 is 5.32 Å². The average Bonchev–Trinajstić information content (AvgIpc) is 3.01. The molecule has 1 saturated heterocycles. The van der Waals surface area contributed by atoms with Crippen LogP contribution in [0.1, 0.15) is 20.5 Å². The number of nitrogens with one attached hydrogen (secondary N) is 1. The topological polar surface area (TPSA) is 29.1 Å². The van der Waals surface area contributed by atoms with E-state index in [2.05, 4.69) is 33.4 Å². The van der Waals surface area contributed by atoms with Crippen LogP contribution in [-0.2, 0) is 0 Å². The molecule has 2 aromatic carbocycles. The Hall–Kier alpha value is -0.910. The molecule has 0 aromatic heterocycles. The van der Waals surface area contributed by atoms with Gasteiger partial charge in [-0.1, -0.05) is 34.1 Å². The fourth-order valence-corrected chi connectivity index (χ4v) is 5.37. The number of hydrogen-bond acceptors (Lipinski definition) is 3. The lowest BCUT2D eigenvalue weighted by atomic mass is 10.1. The summed E-state index contributed by atoms with van der Waals surface area (Å²) in [5.41, 5.74) is 2.77. The highest BCUT2D eigenvalue weighted by molar-refractivity contribution is 9.10. The molecule has 5 heteroatoms. The number of thioether (sulfide) groups is 2. The first kappa shape index (κ1) is 15.0. The molecule has 1 aliphatic rings. The van der Waals surface area contributed by atoms with Gasteiger partial charge in [-0.25, -0.2) is 0 Å². The SMILES string of the molecule is O=C(Nc1cccc(Br)c1)c1ccc(C2SCCS2)cc1. The molecule has 0 unspecified atom stereocenters. The number of hydrogen-bond donors (Lipinski definition) is 1. The third-order valence-electron chi connectivity index (χ3n) is 3.15. The monoisotopic (exact) mass is 379 g/mol. The van der Waals surface area contributed by atoms with Crippen molar-refractivity contribution in [3.05, 3.63) is 64.1 Å². The second-order valence-electron chi connectivity index (χ2n) is 4.66. The summed E-state index contributed by atoms with van der Waals surface area (Å²) in [6, 6.07) is 15.5. The number of amides is 1. The summed E-state index contributed by atoms with van der Waals surface area (Å²) >= 11 is 7.34. The molecule has 1 aliphatic heterocycles. The summed E-state index contributed by atoms with van der Waals surface area (Å²) in [6.45, 7) is 0. The summed E-state index contributed by atoms with van der Waals surface area (Å²) in [5, 5.41) is 2.91. The predicted molar refractivity (Wildman–Crippen MR) is 96.2 cm³/mol. The van der Waals surface area contributed by atoms with Crippen molar-refractivity contribution in [2.75, 3.05) is 16.8 Å². The van der Waals surface area contributed by atoms with Crippen molar-refractivity contribution < 1.29 is 4.79 Å². The second-order valence-corrected chi connectivity index (χ2v) is 8.30. The Morgan fingerprint density at radius 1 is 1.10 bits per heavy atom. The Bertz CT molecular complexity index is 639. The number of carbonyl (C=O) groups is 1. The van der Waals surface area contributed by atoms with Gasteiger partial charge in [-0.3, -0.25) is 4.79 Å². The van der Waals surface area contributed by atoms with E-state index in [0.29, 0.717) is 10.1 Å². The first-order chi connectivity index (χ1) is 10.2. The second kappa shape index (κ2) is 6.90. The van der Waals surface area contributed by atoms with Gasteiger partial charge in [0.1, 0.15) is 0 Å². The number of halogens is 1. The smallest absolute Gasteiger partial charge is 0.255 e. The van der Waals surface area contributed by atoms with E-state index in [1.54, 1.807) is 0 Å². The Morgan fingerprint density at radius 3 is 2.48 bits per heavy atom. The summed E-state index contributed by atoms with van der Waals surface area (Å²) in [6.07, 6.45) is 0. The number of anilines is 1. The van der Waals surface area contributed by atoms with Gasteiger partial charge in [0.2, 0.25) is 0 Å². The minimum atomic E-state index is -0.0774. The van der Waals surface area contributed by atoms with Crippen molar-refractivity contribution in [3.63, 3.8) is 0 Å². The number of carbonyl (C=O) groups excluding carboxylic acids is 1. The summed E-state index contributed by atoms with van der Waals surface area (Å²) in [5.74, 6) is 2.34. The lowest BCUT2D eigenvalue weighted by Crippen LogP contribution is -2.11. The van der Waals surface area contributed by atoms with E-state index in [1.165, 1.54) is 17.1 Å². The molecule has 2 nitrogen and oxygen atoms in total. The molecule has 0 aliphatic carbocycles. The van der Waals surface area contributed by atoms with Crippen molar-refractivity contribution in [2.24, 2.45) is 0 Å². The highest BCUT2D eigenvalue weighted by Crippen LogP contribution is 2.45. The van der Waals surface area contributed by atoms with Crippen LogP contribution in [0.15, 0.2) is 53.0 Å². The third-order valence-corrected chi connectivity index (χ3v) is 6.75. The van der Waals surface area contributed by atoms with E-state index in [1.807, 2.05) is 59.9 Å². The van der Waals surface area contributed by atoms with E-state index in [0.717, 1.165) is 10.2 Å². The molecule has 0 saturated carbocycles. The van der Waals surface area contributed by atoms with Crippen LogP contribution in [0.25, 0.3) is 0 Å². The molecule has 21 heavy (non-hydrogen) atoms. The van der Waals surface area contributed by atoms with E-state index in [-0.39, 0.29) is 5.91 Å². The molecule has 0 atom stereocenters. The Morgan fingerprint density at radius 2 is 1.81 bits per heavy atom. The lowest BCUT2D eigenvalue weighted by Gasteiger charge is -2.10. The standard InChI is InChI=1S/C16H14BrNOS2/c17-13-2-1-3-14(10-13)18-15(19)11-4-6-12(7-5-11)16-20-8-9-21-16/h1-7,10,16H,8-9H2,(H,18,19). The van der Waals surface area contributed by atoms with Crippen LogP contribution in [-0.4, -0.2) is 17.4 Å². The van der Waals surface area contributed by atoms with Crippen LogP contribution in [0.4, 0.5) is 5.69 Å². The third kappa shape index (κ3) is 3.84. The molecule has 1 amide bonds. The van der Waals surface area contributed by atoms with E-state index in [9.17, 15) is 4.79 Å². The molecule has 1 heterocycles. The molecule has 108 valence electrons. The molecule has 1 fully saturated rings. The molecular weight excluding hydrogens is 366 g/mol. The van der Waals surface area contributed by atoms with Gasteiger partial charge in [0.25, 0.3) is 5.91 Å². The van der Waals surface area contributed by atoms with Gasteiger partial charge in [-0.15, -0.1) is 23.5 Å². The minimum absolute atomic E-state index is 0.0774. The fourth-order valence-electron chi connectivity index (χ4n) is 2.11. The molecular formula is C16H14BrNOS2. The predicted octanol–water partition coefficient (Wildman–Crippen LogP) is 5.18. The van der Waals surface area contributed by atoms with Crippen molar-refractivity contribution in [1.29, 1.82) is 0 Å². The number of rotatable bonds is 3. The normalized spacial score (nSPS) is 15.1. The lowest BCUT2D eigenvalue weighted by molar-refractivity contribution is 0.102. The van der Waals surface area contributed by atoms with Crippen molar-refractivity contribution >= 4 is 51.0 Å². The minimum Gasteiger partial charge on any atom is -0.322 e. The van der Waals surface area contributed by atoms with Crippen LogP contribution in [0.5, 0.6) is 0 Å². The highest BCUT2D eigenvalue weighted by atomic mass is 79.9. The van der Waals surface area contributed by atoms with Crippen molar-refractivity contribution in [2.45, 2.75) is 4.58 Å². The first-order valence-corrected chi connectivity index (χ1v) is 9.51. The molecule has 1 N–H and O–H groups in total. The molecule has 3 rings (SSSR count). The van der Waals surface area contributed by atoms with Gasteiger partial charge in [0, 0.05) is 27.2 Å². The number of benzene rings is 2. The van der Waals surface area contributed by atoms with Crippen molar-refractivity contribution in [1.82, 2.24) is 0 Å². The molecule has 0 radical (unpaired) electrons. The van der Waals surface area contributed by atoms with Gasteiger partial charge < -0.3 is 5.32 Å². The van der Waals surface area contributed by atoms with Crippen LogP contribution >= 0.6 is 39.5 Å². The zero-order valence-electron chi connectivity index (χ0n) is 11.2. The van der Waals surface area contributed by atoms with E-state index < -0.39 is 0 Å². The quantitative estimate of drug-likeness (QED) is 0.796. The Kier molecular flexibility index (Phi) is 4.93. The van der Waals surface area contributed by atoms with Gasteiger partial charge >= 0.3 is 0 Å². The van der Waals surface area contributed by atoms with Crippen molar-refractivity contribution in [3.8, 4) is 0 Å².